The van der Waals surface area contributed by atoms with Crippen molar-refractivity contribution in [1.82, 2.24) is 45.5 Å². The molecule has 0 radical (unpaired) electrons. The second-order valence-electron chi connectivity index (χ2n) is 11.5. The number of carbonyl (C=O) groups excluding carboxylic acids is 4. The number of nitrogens with zero attached hydrogens (tertiary/aromatic N) is 6. The molecular weight excluding hydrogens is 696 g/mol. The molecule has 0 unspecified atom stereocenters. The maximum atomic E-state index is 12.3. The van der Waals surface area contributed by atoms with Gasteiger partial charge in [-0.05, 0) is 49.1 Å². The third-order valence-electron chi connectivity index (χ3n) is 7.37. The van der Waals surface area contributed by atoms with E-state index in [2.05, 4.69) is 36.2 Å². The molecule has 4 aromatic rings. The van der Waals surface area contributed by atoms with Crippen molar-refractivity contribution in [3.8, 4) is 11.4 Å². The van der Waals surface area contributed by atoms with Gasteiger partial charge in [0.05, 0.1) is 42.1 Å². The van der Waals surface area contributed by atoms with E-state index >= 15 is 0 Å². The van der Waals surface area contributed by atoms with Gasteiger partial charge in [-0.25, -0.2) is 32.6 Å². The minimum absolute atomic E-state index is 0.00928. The normalized spacial score (nSPS) is 11.2. The van der Waals surface area contributed by atoms with Crippen LogP contribution >= 0.6 is 0 Å². The summed E-state index contributed by atoms with van der Waals surface area (Å²) in [6.07, 6.45) is 8.33. The Balaban J connectivity index is 0.971. The van der Waals surface area contributed by atoms with E-state index in [1.807, 2.05) is 6.07 Å². The molecule has 0 fully saturated rings. The van der Waals surface area contributed by atoms with Gasteiger partial charge in [-0.15, -0.1) is 5.10 Å². The Bertz CT molecular complexity index is 1860. The summed E-state index contributed by atoms with van der Waals surface area (Å²) in [6, 6.07) is 11.6. The summed E-state index contributed by atoms with van der Waals surface area (Å²) >= 11 is 0. The number of benzene rings is 1. The highest BCUT2D eigenvalue weighted by atomic mass is 32.2. The highest BCUT2D eigenvalue weighted by Gasteiger charge is 2.12. The second kappa shape index (κ2) is 20.4. The summed E-state index contributed by atoms with van der Waals surface area (Å²) in [5.41, 5.74) is 2.51. The minimum Gasteiger partial charge on any atom is -0.446 e. The molecule has 3 amide bonds. The van der Waals surface area contributed by atoms with Crippen LogP contribution in [-0.4, -0.2) is 101 Å². The molecule has 1 aromatic carbocycles. The van der Waals surface area contributed by atoms with E-state index in [4.69, 9.17) is 14.6 Å². The summed E-state index contributed by atoms with van der Waals surface area (Å²) in [5, 5.41) is 21.4. The van der Waals surface area contributed by atoms with Crippen molar-refractivity contribution >= 4 is 33.8 Å². The Labute approximate surface area is 300 Å². The van der Waals surface area contributed by atoms with E-state index in [0.717, 1.165) is 16.6 Å². The number of ether oxygens (including phenoxy) is 2. The first kappa shape index (κ1) is 39.3. The number of rotatable bonds is 21. The summed E-state index contributed by atoms with van der Waals surface area (Å²) in [4.78, 5) is 57.1. The van der Waals surface area contributed by atoms with Gasteiger partial charge in [-0.3, -0.25) is 19.4 Å². The minimum atomic E-state index is -3.73. The van der Waals surface area contributed by atoms with Gasteiger partial charge >= 0.3 is 6.09 Å². The zero-order valence-electron chi connectivity index (χ0n) is 28.5. The van der Waals surface area contributed by atoms with Gasteiger partial charge in [-0.2, -0.15) is 0 Å². The zero-order chi connectivity index (χ0) is 37.2. The number of pyridine rings is 1. The molecule has 5 N–H and O–H groups in total. The molecule has 19 heteroatoms. The predicted molar refractivity (Wildman–Crippen MR) is 186 cm³/mol. The summed E-state index contributed by atoms with van der Waals surface area (Å²) in [5.74, 6) is -0.589. The quantitative estimate of drug-likeness (QED) is 0.0858. The number of primary sulfonamides is 1. The molecular formula is C33H42N10O8S. The molecule has 4 rings (SSSR count). The molecule has 278 valence electrons. The van der Waals surface area contributed by atoms with E-state index in [9.17, 15) is 27.6 Å². The van der Waals surface area contributed by atoms with Crippen LogP contribution in [0.25, 0.3) is 11.4 Å². The highest BCUT2D eigenvalue weighted by Crippen LogP contribution is 2.12. The van der Waals surface area contributed by atoms with E-state index in [1.54, 1.807) is 36.7 Å². The van der Waals surface area contributed by atoms with E-state index < -0.39 is 16.1 Å². The van der Waals surface area contributed by atoms with Crippen LogP contribution in [0.3, 0.4) is 0 Å². The molecule has 0 saturated heterocycles. The Morgan fingerprint density at radius 1 is 0.788 bits per heavy atom. The smallest absolute Gasteiger partial charge is 0.419 e. The number of hydrogen-bond acceptors (Lipinski definition) is 12. The monoisotopic (exact) mass is 738 g/mol. The number of carbonyl (C=O) groups is 4. The summed E-state index contributed by atoms with van der Waals surface area (Å²) in [6.45, 7) is 1.43. The molecule has 0 atom stereocenters. The Hall–Kier alpha value is -5.53. The molecule has 0 aliphatic rings. The highest BCUT2D eigenvalue weighted by molar-refractivity contribution is 7.89. The summed E-state index contributed by atoms with van der Waals surface area (Å²) < 4.78 is 35.8. The van der Waals surface area contributed by atoms with Crippen LogP contribution in [-0.2, 0) is 53.3 Å². The first-order valence-electron chi connectivity index (χ1n) is 16.6. The van der Waals surface area contributed by atoms with Crippen molar-refractivity contribution in [2.45, 2.75) is 50.0 Å². The first-order chi connectivity index (χ1) is 25.1. The molecule has 0 aliphatic carbocycles. The number of nitrogens with one attached hydrogen (secondary N) is 3. The van der Waals surface area contributed by atoms with Crippen LogP contribution in [0.1, 0.15) is 36.9 Å². The lowest BCUT2D eigenvalue weighted by Crippen LogP contribution is -2.31. The zero-order valence-corrected chi connectivity index (χ0v) is 29.3. The lowest BCUT2D eigenvalue weighted by molar-refractivity contribution is -0.122. The lowest BCUT2D eigenvalue weighted by atomic mass is 10.1. The molecule has 0 saturated carbocycles. The third-order valence-corrected chi connectivity index (χ3v) is 8.30. The summed E-state index contributed by atoms with van der Waals surface area (Å²) in [7, 11) is -3.73. The Morgan fingerprint density at radius 3 is 2.35 bits per heavy atom. The van der Waals surface area contributed by atoms with Crippen LogP contribution < -0.4 is 21.1 Å². The number of amides is 3. The number of sulfonamides is 1. The van der Waals surface area contributed by atoms with Crippen LogP contribution in [0.4, 0.5) is 4.79 Å². The first-order valence-corrected chi connectivity index (χ1v) is 18.1. The average Bonchev–Trinajstić information content (AvgIpc) is 3.79. The fourth-order valence-electron chi connectivity index (χ4n) is 4.71. The number of nitrogens with two attached hydrogens (primary N) is 1. The van der Waals surface area contributed by atoms with Crippen molar-refractivity contribution in [1.29, 1.82) is 0 Å². The number of hydrogen-bond donors (Lipinski definition) is 4. The SMILES string of the molecule is NS(=O)(=O)c1ccc(CCNC(=O)CCCCCNC(=O)Cc2cn(C(=O)OCCOCCNC(=O)Cn3cc(-c4ccccn4)nn3)cn2)cc1. The second-order valence-corrected chi connectivity index (χ2v) is 13.1. The number of imidazole rings is 1. The van der Waals surface area contributed by atoms with Gasteiger partial charge in [0.25, 0.3) is 0 Å². The molecule has 18 nitrogen and oxygen atoms in total. The molecule has 3 heterocycles. The number of unbranched alkanes of at least 4 members (excludes halogenated alkanes) is 2. The molecule has 0 bridgehead atoms. The van der Waals surface area contributed by atoms with Crippen LogP contribution in [0.15, 0.2) is 72.3 Å². The van der Waals surface area contributed by atoms with Gasteiger partial charge in [-0.1, -0.05) is 29.8 Å². The van der Waals surface area contributed by atoms with Crippen molar-refractivity contribution in [2.24, 2.45) is 5.14 Å². The molecule has 3 aromatic heterocycles. The lowest BCUT2D eigenvalue weighted by Gasteiger charge is -2.07. The molecule has 0 spiro atoms. The number of aromatic nitrogens is 6. The Kier molecular flexibility index (Phi) is 15.4. The van der Waals surface area contributed by atoms with Crippen LogP contribution in [0, 0.1) is 0 Å². The standard InChI is InChI=1S/C33H42N10O8S/c34-52(48,49)27-10-8-25(9-11-27)12-15-37-30(44)7-2-1-4-14-36-31(45)20-26-21-42(24-39-26)33(47)51-19-18-50-17-16-38-32(46)23-43-22-29(40-41-43)28-6-3-5-13-35-28/h3,5-6,8-11,13,21-22,24H,1-2,4,7,12,14-20,23H2,(H,36,45)(H,37,44)(H,38,46)(H2,34,48,49). The van der Waals surface area contributed by atoms with Crippen LogP contribution in [0.5, 0.6) is 0 Å². The van der Waals surface area contributed by atoms with Gasteiger partial charge in [0.1, 0.15) is 25.2 Å². The topological polar surface area (TPSA) is 244 Å². The Morgan fingerprint density at radius 2 is 1.58 bits per heavy atom. The van der Waals surface area contributed by atoms with Crippen molar-refractivity contribution in [3.05, 3.63) is 78.6 Å². The van der Waals surface area contributed by atoms with Gasteiger partial charge in [0.2, 0.25) is 27.7 Å². The fraction of sp³-hybridized carbons (Fsp3) is 0.394. The maximum Gasteiger partial charge on any atom is 0.419 e. The largest absolute Gasteiger partial charge is 0.446 e. The fourth-order valence-corrected chi connectivity index (χ4v) is 5.23. The van der Waals surface area contributed by atoms with Crippen molar-refractivity contribution < 1.29 is 37.1 Å². The maximum absolute atomic E-state index is 12.3. The third kappa shape index (κ3) is 14.0. The van der Waals surface area contributed by atoms with Crippen molar-refractivity contribution in [2.75, 3.05) is 39.5 Å². The van der Waals surface area contributed by atoms with Crippen molar-refractivity contribution in [3.63, 3.8) is 0 Å². The predicted octanol–water partition coefficient (Wildman–Crippen LogP) is 0.580. The van der Waals surface area contributed by atoms with E-state index in [1.165, 1.54) is 29.3 Å². The van der Waals surface area contributed by atoms with E-state index in [-0.39, 0.29) is 61.9 Å². The molecule has 0 aliphatic heterocycles. The average molecular weight is 739 g/mol. The van der Waals surface area contributed by atoms with Gasteiger partial charge in [0.15, 0.2) is 0 Å². The van der Waals surface area contributed by atoms with Crippen LogP contribution in [0.2, 0.25) is 0 Å². The molecule has 52 heavy (non-hydrogen) atoms. The van der Waals surface area contributed by atoms with Gasteiger partial charge in [0, 0.05) is 38.4 Å². The van der Waals surface area contributed by atoms with Gasteiger partial charge < -0.3 is 25.4 Å². The van der Waals surface area contributed by atoms with E-state index in [0.29, 0.717) is 55.9 Å².